The molecular formula is C29H30N4O. The van der Waals surface area contributed by atoms with Gasteiger partial charge in [-0.05, 0) is 65.0 Å². The largest absolute Gasteiger partial charge is 0.398 e. The van der Waals surface area contributed by atoms with Crippen LogP contribution in [0, 0.1) is 0 Å². The molecule has 0 heterocycles. The summed E-state index contributed by atoms with van der Waals surface area (Å²) in [6, 6.07) is 33.0. The van der Waals surface area contributed by atoms with E-state index in [0.717, 1.165) is 27.8 Å². The molecule has 0 radical (unpaired) electrons. The van der Waals surface area contributed by atoms with Gasteiger partial charge in [0.1, 0.15) is 0 Å². The maximum atomic E-state index is 13.1. The molecule has 172 valence electrons. The average molecular weight is 451 g/mol. The fourth-order valence-electron chi connectivity index (χ4n) is 4.17. The third-order valence-electron chi connectivity index (χ3n) is 6.02. The van der Waals surface area contributed by atoms with E-state index in [0.29, 0.717) is 24.3 Å². The molecule has 2 unspecified atom stereocenters. The number of nitrogen functional groups attached to an aromatic ring is 1. The molecule has 0 aliphatic carbocycles. The number of hydrogen-bond donors (Lipinski definition) is 4. The van der Waals surface area contributed by atoms with Gasteiger partial charge in [-0.15, -0.1) is 0 Å². The topological polar surface area (TPSA) is 107 Å². The fourth-order valence-corrected chi connectivity index (χ4v) is 4.17. The standard InChI is InChI=1S/C29H30N4O/c30-17-16-25(21-10-5-2-6-11-21)29(34)33-24-14-15-27(31)26(19-24)28(32)23-13-7-12-22(18-23)20-8-3-1-4-9-20/h1-15,18-19,25,28H,16-17,30-32H2,(H,33,34). The molecule has 0 spiro atoms. The summed E-state index contributed by atoms with van der Waals surface area (Å²) >= 11 is 0. The highest BCUT2D eigenvalue weighted by molar-refractivity contribution is 5.96. The van der Waals surface area contributed by atoms with E-state index in [2.05, 4.69) is 29.6 Å². The maximum absolute atomic E-state index is 13.1. The van der Waals surface area contributed by atoms with Crippen LogP contribution in [0.15, 0.2) is 103 Å². The van der Waals surface area contributed by atoms with E-state index in [4.69, 9.17) is 17.2 Å². The van der Waals surface area contributed by atoms with Crippen molar-refractivity contribution in [2.75, 3.05) is 17.6 Å². The second-order valence-corrected chi connectivity index (χ2v) is 8.34. The van der Waals surface area contributed by atoms with Crippen LogP contribution in [0.5, 0.6) is 0 Å². The van der Waals surface area contributed by atoms with Crippen molar-refractivity contribution in [2.24, 2.45) is 11.5 Å². The van der Waals surface area contributed by atoms with Gasteiger partial charge < -0.3 is 22.5 Å². The third-order valence-corrected chi connectivity index (χ3v) is 6.02. The minimum Gasteiger partial charge on any atom is -0.398 e. The summed E-state index contributed by atoms with van der Waals surface area (Å²) in [7, 11) is 0. The van der Waals surface area contributed by atoms with Gasteiger partial charge in [0.15, 0.2) is 0 Å². The highest BCUT2D eigenvalue weighted by Crippen LogP contribution is 2.31. The monoisotopic (exact) mass is 450 g/mol. The molecule has 0 saturated carbocycles. The van der Waals surface area contributed by atoms with E-state index >= 15 is 0 Å². The Morgan fingerprint density at radius 2 is 1.41 bits per heavy atom. The quantitative estimate of drug-likeness (QED) is 0.282. The molecule has 4 rings (SSSR count). The predicted molar refractivity (Wildman–Crippen MR) is 140 cm³/mol. The predicted octanol–water partition coefficient (Wildman–Crippen LogP) is 5.06. The van der Waals surface area contributed by atoms with E-state index in [1.165, 1.54) is 0 Å². The van der Waals surface area contributed by atoms with Crippen LogP contribution in [0.25, 0.3) is 11.1 Å². The number of anilines is 2. The first-order valence-corrected chi connectivity index (χ1v) is 11.4. The summed E-state index contributed by atoms with van der Waals surface area (Å²) in [6.45, 7) is 0.419. The van der Waals surface area contributed by atoms with Gasteiger partial charge in [0.05, 0.1) is 12.0 Å². The summed E-state index contributed by atoms with van der Waals surface area (Å²) < 4.78 is 0. The van der Waals surface area contributed by atoms with Crippen LogP contribution in [-0.2, 0) is 4.79 Å². The molecule has 5 nitrogen and oxygen atoms in total. The van der Waals surface area contributed by atoms with E-state index < -0.39 is 6.04 Å². The molecule has 4 aromatic carbocycles. The second kappa shape index (κ2) is 10.8. The lowest BCUT2D eigenvalue weighted by Gasteiger charge is -2.19. The zero-order valence-electron chi connectivity index (χ0n) is 19.0. The molecule has 34 heavy (non-hydrogen) atoms. The molecule has 4 aromatic rings. The van der Waals surface area contributed by atoms with Gasteiger partial charge in [-0.25, -0.2) is 0 Å². The highest BCUT2D eigenvalue weighted by atomic mass is 16.1. The number of nitrogens with two attached hydrogens (primary N) is 3. The molecule has 0 saturated heterocycles. The number of nitrogens with one attached hydrogen (secondary N) is 1. The zero-order valence-corrected chi connectivity index (χ0v) is 19.0. The van der Waals surface area contributed by atoms with Crippen molar-refractivity contribution < 1.29 is 4.79 Å². The summed E-state index contributed by atoms with van der Waals surface area (Å²) in [4.78, 5) is 13.1. The number of carbonyl (C=O) groups is 1. The fraction of sp³-hybridized carbons (Fsp3) is 0.138. The smallest absolute Gasteiger partial charge is 0.231 e. The highest BCUT2D eigenvalue weighted by Gasteiger charge is 2.21. The number of hydrogen-bond acceptors (Lipinski definition) is 4. The van der Waals surface area contributed by atoms with Crippen molar-refractivity contribution in [1.82, 2.24) is 0 Å². The number of rotatable bonds is 8. The van der Waals surface area contributed by atoms with E-state index in [1.54, 1.807) is 12.1 Å². The summed E-state index contributed by atoms with van der Waals surface area (Å²) in [5.41, 5.74) is 24.8. The summed E-state index contributed by atoms with van der Waals surface area (Å²) in [6.07, 6.45) is 0.559. The molecule has 0 fully saturated rings. The zero-order chi connectivity index (χ0) is 23.9. The molecular weight excluding hydrogens is 420 g/mol. The molecule has 2 atom stereocenters. The maximum Gasteiger partial charge on any atom is 0.231 e. The lowest BCUT2D eigenvalue weighted by atomic mass is 9.93. The van der Waals surface area contributed by atoms with Crippen LogP contribution < -0.4 is 22.5 Å². The number of benzene rings is 4. The van der Waals surface area contributed by atoms with Crippen LogP contribution in [0.3, 0.4) is 0 Å². The molecule has 0 bridgehead atoms. The number of carbonyl (C=O) groups excluding carboxylic acids is 1. The minimum atomic E-state index is -0.436. The molecule has 0 aromatic heterocycles. The first-order chi connectivity index (χ1) is 16.6. The van der Waals surface area contributed by atoms with E-state index in [-0.39, 0.29) is 11.8 Å². The van der Waals surface area contributed by atoms with Gasteiger partial charge >= 0.3 is 0 Å². The second-order valence-electron chi connectivity index (χ2n) is 8.34. The molecule has 0 aliphatic rings. The Morgan fingerprint density at radius 3 is 2.12 bits per heavy atom. The minimum absolute atomic E-state index is 0.105. The molecule has 7 N–H and O–H groups in total. The first kappa shape index (κ1) is 23.2. The van der Waals surface area contributed by atoms with Crippen molar-refractivity contribution in [3.8, 4) is 11.1 Å². The van der Waals surface area contributed by atoms with Crippen LogP contribution in [0.4, 0.5) is 11.4 Å². The lowest BCUT2D eigenvalue weighted by molar-refractivity contribution is -0.117. The first-order valence-electron chi connectivity index (χ1n) is 11.4. The van der Waals surface area contributed by atoms with Crippen molar-refractivity contribution in [1.29, 1.82) is 0 Å². The summed E-state index contributed by atoms with van der Waals surface area (Å²) in [5, 5.41) is 3.03. The van der Waals surface area contributed by atoms with Crippen LogP contribution in [-0.4, -0.2) is 12.5 Å². The van der Waals surface area contributed by atoms with E-state index in [1.807, 2.05) is 66.7 Å². The Morgan fingerprint density at radius 1 is 0.765 bits per heavy atom. The molecule has 1 amide bonds. The normalized spacial score (nSPS) is 12.6. The third kappa shape index (κ3) is 5.34. The van der Waals surface area contributed by atoms with Crippen molar-refractivity contribution >= 4 is 17.3 Å². The van der Waals surface area contributed by atoms with Crippen molar-refractivity contribution in [3.05, 3.63) is 120 Å². The van der Waals surface area contributed by atoms with Gasteiger partial charge in [0.25, 0.3) is 0 Å². The SMILES string of the molecule is NCCC(C(=O)Nc1ccc(N)c(C(N)c2cccc(-c3ccccc3)c2)c1)c1ccccc1. The van der Waals surface area contributed by atoms with Crippen LogP contribution in [0.2, 0.25) is 0 Å². The van der Waals surface area contributed by atoms with E-state index in [9.17, 15) is 4.79 Å². The number of amides is 1. The van der Waals surface area contributed by atoms with Gasteiger partial charge in [0, 0.05) is 11.4 Å². The van der Waals surface area contributed by atoms with Gasteiger partial charge in [-0.1, -0.05) is 78.9 Å². The Bertz CT molecular complexity index is 1240. The van der Waals surface area contributed by atoms with Crippen LogP contribution >= 0.6 is 0 Å². The Kier molecular flexibility index (Phi) is 7.38. The Hall–Kier alpha value is -3.93. The van der Waals surface area contributed by atoms with Gasteiger partial charge in [-0.2, -0.15) is 0 Å². The Balaban J connectivity index is 1.58. The van der Waals surface area contributed by atoms with Gasteiger partial charge in [-0.3, -0.25) is 4.79 Å². The van der Waals surface area contributed by atoms with Gasteiger partial charge in [0.2, 0.25) is 5.91 Å². The Labute approximate surface area is 200 Å². The summed E-state index contributed by atoms with van der Waals surface area (Å²) in [5.74, 6) is -0.435. The van der Waals surface area contributed by atoms with Crippen molar-refractivity contribution in [2.45, 2.75) is 18.4 Å². The lowest BCUT2D eigenvalue weighted by Crippen LogP contribution is -2.24. The van der Waals surface area contributed by atoms with Crippen molar-refractivity contribution in [3.63, 3.8) is 0 Å². The molecule has 5 heteroatoms. The van der Waals surface area contributed by atoms with Crippen LogP contribution in [0.1, 0.15) is 35.1 Å². The molecule has 0 aliphatic heterocycles. The average Bonchev–Trinajstić information content (AvgIpc) is 2.89.